The first-order chi connectivity index (χ1) is 11.2. The Kier molecular flexibility index (Phi) is 3.04. The molecule has 2 heterocycles. The van der Waals surface area contributed by atoms with E-state index in [1.54, 1.807) is 12.1 Å². The van der Waals surface area contributed by atoms with Gasteiger partial charge in [-0.15, -0.1) is 0 Å². The number of carbonyl (C=O) groups excluding carboxylic acids is 1. The fourth-order valence-electron chi connectivity index (χ4n) is 2.83. The summed E-state index contributed by atoms with van der Waals surface area (Å²) in [7, 11) is 1.49. The molecule has 2 aliphatic heterocycles. The van der Waals surface area contributed by atoms with Crippen LogP contribution in [0.5, 0.6) is 28.7 Å². The number of Topliss-reactive ketones (excluding diaryl/α,β-unsaturated/α-hetero) is 1. The van der Waals surface area contributed by atoms with Crippen molar-refractivity contribution in [3.05, 3.63) is 41.5 Å². The van der Waals surface area contributed by atoms with Gasteiger partial charge in [0.25, 0.3) is 0 Å². The molecule has 0 amide bonds. The number of aromatic hydroxyl groups is 1. The normalized spacial score (nSPS) is 18.3. The van der Waals surface area contributed by atoms with E-state index in [0.717, 1.165) is 5.56 Å². The molecule has 0 radical (unpaired) electrons. The lowest BCUT2D eigenvalue weighted by Crippen LogP contribution is -2.20. The van der Waals surface area contributed by atoms with Crippen LogP contribution in [0.3, 0.4) is 0 Å². The maximum absolute atomic E-state index is 12.4. The Bertz CT molecular complexity index is 798. The molecular weight excluding hydrogens is 300 g/mol. The highest BCUT2D eigenvalue weighted by atomic mass is 16.7. The van der Waals surface area contributed by atoms with Crippen molar-refractivity contribution in [2.75, 3.05) is 13.9 Å². The maximum atomic E-state index is 12.4. The number of rotatable bonds is 2. The van der Waals surface area contributed by atoms with Crippen LogP contribution < -0.4 is 18.9 Å². The molecule has 2 aliphatic rings. The summed E-state index contributed by atoms with van der Waals surface area (Å²) in [5.41, 5.74) is 1.01. The zero-order valence-corrected chi connectivity index (χ0v) is 12.4. The van der Waals surface area contributed by atoms with Gasteiger partial charge in [-0.05, 0) is 17.7 Å². The maximum Gasteiger partial charge on any atom is 0.231 e. The van der Waals surface area contributed by atoms with Gasteiger partial charge in [0, 0.05) is 12.1 Å². The van der Waals surface area contributed by atoms with Crippen LogP contribution in [0.25, 0.3) is 0 Å². The number of phenolic OH excluding ortho intramolecular Hbond substituents is 1. The highest BCUT2D eigenvalue weighted by Crippen LogP contribution is 2.43. The van der Waals surface area contributed by atoms with Crippen LogP contribution in [-0.4, -0.2) is 24.8 Å². The van der Waals surface area contributed by atoms with Gasteiger partial charge in [0.05, 0.1) is 13.5 Å². The molecule has 0 fully saturated rings. The highest BCUT2D eigenvalue weighted by molar-refractivity contribution is 6.02. The van der Waals surface area contributed by atoms with Crippen molar-refractivity contribution in [2.24, 2.45) is 0 Å². The summed E-state index contributed by atoms with van der Waals surface area (Å²) in [6.45, 7) is 0.192. The smallest absolute Gasteiger partial charge is 0.231 e. The number of methoxy groups -OCH3 is 1. The highest BCUT2D eigenvalue weighted by Gasteiger charge is 2.31. The topological polar surface area (TPSA) is 74.2 Å². The molecule has 118 valence electrons. The number of hydrogen-bond acceptors (Lipinski definition) is 6. The van der Waals surface area contributed by atoms with Crippen LogP contribution >= 0.6 is 0 Å². The zero-order valence-electron chi connectivity index (χ0n) is 12.4. The van der Waals surface area contributed by atoms with Crippen LogP contribution in [0.1, 0.15) is 28.4 Å². The van der Waals surface area contributed by atoms with Crippen molar-refractivity contribution in [2.45, 2.75) is 12.5 Å². The molecule has 6 nitrogen and oxygen atoms in total. The molecule has 2 aromatic rings. The molecule has 6 heteroatoms. The average Bonchev–Trinajstić information content (AvgIpc) is 3.01. The minimum Gasteiger partial charge on any atom is -0.507 e. The van der Waals surface area contributed by atoms with Gasteiger partial charge in [0.15, 0.2) is 17.3 Å². The first kappa shape index (κ1) is 13.8. The van der Waals surface area contributed by atoms with Crippen molar-refractivity contribution in [3.8, 4) is 28.7 Å². The molecule has 2 aromatic carbocycles. The summed E-state index contributed by atoms with van der Waals surface area (Å²) in [6.07, 6.45) is -0.303. The van der Waals surface area contributed by atoms with E-state index >= 15 is 0 Å². The number of fused-ring (bicyclic) bond motifs is 2. The number of carbonyl (C=O) groups is 1. The SMILES string of the molecule is COc1cc(O)c2c(c1)OC(c1ccc3c(c1)OCO3)CC2=O. The van der Waals surface area contributed by atoms with Crippen molar-refractivity contribution in [1.29, 1.82) is 0 Å². The predicted octanol–water partition coefficient (Wildman–Crippen LogP) is 2.84. The van der Waals surface area contributed by atoms with Gasteiger partial charge in [0.1, 0.15) is 28.9 Å². The van der Waals surface area contributed by atoms with Crippen LogP contribution in [0, 0.1) is 0 Å². The van der Waals surface area contributed by atoms with Gasteiger partial charge in [-0.25, -0.2) is 0 Å². The summed E-state index contributed by atoms with van der Waals surface area (Å²) in [5, 5.41) is 10.0. The summed E-state index contributed by atoms with van der Waals surface area (Å²) in [6, 6.07) is 8.46. The molecule has 0 bridgehead atoms. The molecular formula is C17H14O6. The fraction of sp³-hybridized carbons (Fsp3) is 0.235. The second-order valence-electron chi connectivity index (χ2n) is 5.37. The molecule has 0 saturated carbocycles. The number of phenols is 1. The molecule has 4 rings (SSSR count). The fourth-order valence-corrected chi connectivity index (χ4v) is 2.83. The quantitative estimate of drug-likeness (QED) is 0.919. The molecule has 0 saturated heterocycles. The molecule has 0 aliphatic carbocycles. The summed E-state index contributed by atoms with van der Waals surface area (Å²) < 4.78 is 21.7. The Morgan fingerprint density at radius 3 is 2.78 bits per heavy atom. The van der Waals surface area contributed by atoms with E-state index in [1.165, 1.54) is 13.2 Å². The second-order valence-corrected chi connectivity index (χ2v) is 5.37. The third-order valence-corrected chi connectivity index (χ3v) is 3.98. The molecule has 1 N–H and O–H groups in total. The van der Waals surface area contributed by atoms with E-state index in [-0.39, 0.29) is 30.3 Å². The molecule has 0 spiro atoms. The summed E-state index contributed by atoms with van der Waals surface area (Å²) in [5.74, 6) is 1.76. The van der Waals surface area contributed by atoms with Gasteiger partial charge in [-0.1, -0.05) is 6.07 Å². The van der Waals surface area contributed by atoms with Gasteiger partial charge in [0.2, 0.25) is 6.79 Å². The predicted molar refractivity (Wildman–Crippen MR) is 79.5 cm³/mol. The largest absolute Gasteiger partial charge is 0.507 e. The first-order valence-electron chi connectivity index (χ1n) is 7.16. The van der Waals surface area contributed by atoms with Crippen molar-refractivity contribution in [1.82, 2.24) is 0 Å². The Morgan fingerprint density at radius 1 is 1.13 bits per heavy atom. The van der Waals surface area contributed by atoms with Crippen LogP contribution in [0.4, 0.5) is 0 Å². The Hall–Kier alpha value is -2.89. The summed E-state index contributed by atoms with van der Waals surface area (Å²) in [4.78, 5) is 12.4. The van der Waals surface area contributed by atoms with Crippen LogP contribution in [0.15, 0.2) is 30.3 Å². The third kappa shape index (κ3) is 2.23. The second kappa shape index (κ2) is 5.08. The molecule has 23 heavy (non-hydrogen) atoms. The van der Waals surface area contributed by atoms with E-state index in [1.807, 2.05) is 12.1 Å². The zero-order chi connectivity index (χ0) is 16.0. The minimum atomic E-state index is -0.448. The number of hydrogen-bond donors (Lipinski definition) is 1. The molecule has 1 atom stereocenters. The lowest BCUT2D eigenvalue weighted by molar-refractivity contribution is 0.0844. The lowest BCUT2D eigenvalue weighted by atomic mass is 9.95. The van der Waals surface area contributed by atoms with E-state index < -0.39 is 6.10 Å². The number of ketones is 1. The van der Waals surface area contributed by atoms with E-state index in [4.69, 9.17) is 18.9 Å². The number of benzene rings is 2. The first-order valence-corrected chi connectivity index (χ1v) is 7.16. The Morgan fingerprint density at radius 2 is 1.96 bits per heavy atom. The van der Waals surface area contributed by atoms with Gasteiger partial charge in [-0.2, -0.15) is 0 Å². The number of ether oxygens (including phenoxy) is 4. The molecule has 0 aromatic heterocycles. The Labute approximate surface area is 132 Å². The average molecular weight is 314 g/mol. The van der Waals surface area contributed by atoms with E-state index in [0.29, 0.717) is 23.0 Å². The van der Waals surface area contributed by atoms with E-state index in [2.05, 4.69) is 0 Å². The third-order valence-electron chi connectivity index (χ3n) is 3.98. The van der Waals surface area contributed by atoms with Crippen molar-refractivity contribution >= 4 is 5.78 Å². The van der Waals surface area contributed by atoms with Crippen LogP contribution in [-0.2, 0) is 0 Å². The minimum absolute atomic E-state index is 0.131. The van der Waals surface area contributed by atoms with Gasteiger partial charge >= 0.3 is 0 Å². The lowest BCUT2D eigenvalue weighted by Gasteiger charge is -2.26. The Balaban J connectivity index is 1.71. The monoisotopic (exact) mass is 314 g/mol. The van der Waals surface area contributed by atoms with Gasteiger partial charge in [-0.3, -0.25) is 4.79 Å². The van der Waals surface area contributed by atoms with Crippen molar-refractivity contribution in [3.63, 3.8) is 0 Å². The molecule has 1 unspecified atom stereocenters. The van der Waals surface area contributed by atoms with Crippen molar-refractivity contribution < 1.29 is 28.8 Å². The standard InChI is InChI=1S/C17H14O6/c1-20-10-5-11(18)17-12(19)7-14(23-16(17)6-10)9-2-3-13-15(4-9)22-8-21-13/h2-6,14,18H,7-8H2,1H3. The summed E-state index contributed by atoms with van der Waals surface area (Å²) >= 11 is 0. The van der Waals surface area contributed by atoms with E-state index in [9.17, 15) is 9.90 Å². The van der Waals surface area contributed by atoms with Gasteiger partial charge < -0.3 is 24.1 Å². The van der Waals surface area contributed by atoms with Crippen LogP contribution in [0.2, 0.25) is 0 Å².